The summed E-state index contributed by atoms with van der Waals surface area (Å²) in [5.74, 6) is 1.68. The number of hydrogen-bond acceptors (Lipinski definition) is 6. The van der Waals surface area contributed by atoms with Crippen LogP contribution in [0.5, 0.6) is 0 Å². The second-order valence-electron chi connectivity index (χ2n) is 15.4. The van der Waals surface area contributed by atoms with Gasteiger partial charge in [0.1, 0.15) is 6.07 Å². The Hall–Kier alpha value is -2.55. The van der Waals surface area contributed by atoms with Gasteiger partial charge in [-0.1, -0.05) is 60.1 Å². The minimum atomic E-state index is -0.643. The molecule has 0 spiro atoms. The highest BCUT2D eigenvalue weighted by Crippen LogP contribution is 2.74. The summed E-state index contributed by atoms with van der Waals surface area (Å²) < 4.78 is 5.97. The van der Waals surface area contributed by atoms with Gasteiger partial charge in [-0.2, -0.15) is 5.26 Å². The van der Waals surface area contributed by atoms with Gasteiger partial charge in [-0.25, -0.2) is 0 Å². The van der Waals surface area contributed by atoms with E-state index in [4.69, 9.17) is 4.42 Å². The fourth-order valence-electron chi connectivity index (χ4n) is 10.5. The Bertz CT molecular complexity index is 1390. The Kier molecular flexibility index (Phi) is 5.33. The average Bonchev–Trinajstić information content (AvgIpc) is 3.31. The van der Waals surface area contributed by atoms with E-state index in [-0.39, 0.29) is 56.6 Å². The number of nitrogens with zero attached hydrogens (tertiary/aromatic N) is 3. The van der Waals surface area contributed by atoms with E-state index in [1.165, 1.54) is 0 Å². The predicted octanol–water partition coefficient (Wildman–Crippen LogP) is 6.85. The van der Waals surface area contributed by atoms with Crippen LogP contribution in [0.1, 0.15) is 105 Å². The van der Waals surface area contributed by atoms with Crippen LogP contribution in [0.4, 0.5) is 0 Å². The molecule has 3 fully saturated rings. The van der Waals surface area contributed by atoms with E-state index in [9.17, 15) is 14.9 Å². The number of aromatic nitrogens is 2. The van der Waals surface area contributed by atoms with Crippen molar-refractivity contribution in [2.45, 2.75) is 106 Å². The van der Waals surface area contributed by atoms with E-state index in [2.05, 4.69) is 50.9 Å². The Balaban J connectivity index is 1.48. The molecule has 6 heteroatoms. The zero-order valence-corrected chi connectivity index (χ0v) is 24.9. The Morgan fingerprint density at radius 3 is 2.31 bits per heavy atom. The summed E-state index contributed by atoms with van der Waals surface area (Å²) in [7, 11) is 0. The van der Waals surface area contributed by atoms with Gasteiger partial charge in [0.25, 0.3) is 0 Å². The molecule has 1 aromatic rings. The zero-order chi connectivity index (χ0) is 28.4. The zero-order valence-electron chi connectivity index (χ0n) is 24.9. The highest BCUT2D eigenvalue weighted by Gasteiger charge is 2.69. The number of nitriles is 1. The minimum Gasteiger partial charge on any atom is -0.425 e. The molecular weight excluding hydrogens is 486 g/mol. The number of fused-ring (bicyclic) bond motifs is 7. The molecule has 8 atom stereocenters. The molecular formula is C33H43N3O3. The second kappa shape index (κ2) is 7.80. The number of rotatable bonds is 1. The third-order valence-corrected chi connectivity index (χ3v) is 13.1. The number of aryl methyl sites for hydroxylation is 1. The van der Waals surface area contributed by atoms with Crippen molar-refractivity contribution in [3.8, 4) is 6.07 Å². The molecule has 0 amide bonds. The number of ketones is 2. The largest absolute Gasteiger partial charge is 0.425 e. The summed E-state index contributed by atoms with van der Waals surface area (Å²) in [5.41, 5.74) is -0.280. The summed E-state index contributed by atoms with van der Waals surface area (Å²) in [6.45, 7) is 17.4. The van der Waals surface area contributed by atoms with Crippen molar-refractivity contribution in [3.05, 3.63) is 35.1 Å². The molecule has 3 saturated carbocycles. The summed E-state index contributed by atoms with van der Waals surface area (Å²) in [4.78, 5) is 27.7. The van der Waals surface area contributed by atoms with Crippen LogP contribution >= 0.6 is 0 Å². The maximum absolute atomic E-state index is 14.5. The molecule has 6 nitrogen and oxygen atoms in total. The first-order valence-electron chi connectivity index (χ1n) is 14.8. The molecule has 5 aliphatic carbocycles. The lowest BCUT2D eigenvalue weighted by Crippen LogP contribution is -2.64. The molecule has 1 heterocycles. The fraction of sp³-hybridized carbons (Fsp3) is 0.727. The third-order valence-electron chi connectivity index (χ3n) is 13.1. The third kappa shape index (κ3) is 3.19. The number of carbonyl (C=O) groups excluding carboxylic acids is 2. The van der Waals surface area contributed by atoms with Gasteiger partial charge in [-0.15, -0.1) is 10.2 Å². The van der Waals surface area contributed by atoms with Crippen LogP contribution < -0.4 is 0 Å². The van der Waals surface area contributed by atoms with Crippen LogP contribution in [-0.2, 0) is 15.0 Å². The molecule has 1 aromatic heterocycles. The summed E-state index contributed by atoms with van der Waals surface area (Å²) in [5, 5.41) is 18.5. The van der Waals surface area contributed by atoms with E-state index < -0.39 is 10.8 Å². The van der Waals surface area contributed by atoms with Gasteiger partial charge in [0.05, 0.1) is 5.57 Å². The highest BCUT2D eigenvalue weighted by atomic mass is 16.4. The van der Waals surface area contributed by atoms with Gasteiger partial charge < -0.3 is 4.42 Å². The second-order valence-corrected chi connectivity index (χ2v) is 15.4. The van der Waals surface area contributed by atoms with Gasteiger partial charge in [0, 0.05) is 29.1 Å². The van der Waals surface area contributed by atoms with Crippen LogP contribution in [0.3, 0.4) is 0 Å². The van der Waals surface area contributed by atoms with E-state index in [0.29, 0.717) is 11.8 Å². The molecule has 0 bridgehead atoms. The number of Topliss-reactive ketones (excluding diaryl/α,β-unsaturated/α-hetero) is 1. The van der Waals surface area contributed by atoms with Crippen molar-refractivity contribution in [3.63, 3.8) is 0 Å². The molecule has 5 aliphatic rings. The van der Waals surface area contributed by atoms with E-state index >= 15 is 0 Å². The fourth-order valence-corrected chi connectivity index (χ4v) is 10.5. The number of hydrogen-bond donors (Lipinski definition) is 0. The van der Waals surface area contributed by atoms with Crippen LogP contribution in [0.25, 0.3) is 0 Å². The molecule has 0 aromatic carbocycles. The summed E-state index contributed by atoms with van der Waals surface area (Å²) in [6.07, 6.45) is 10.8. The van der Waals surface area contributed by atoms with Gasteiger partial charge in [-0.05, 0) is 79.1 Å². The maximum Gasteiger partial charge on any atom is 0.222 e. The Morgan fingerprint density at radius 1 is 0.974 bits per heavy atom. The molecule has 0 N–H and O–H groups in total. The van der Waals surface area contributed by atoms with Crippen molar-refractivity contribution in [2.24, 2.45) is 44.8 Å². The summed E-state index contributed by atoms with van der Waals surface area (Å²) in [6, 6.07) is 2.20. The lowest BCUT2D eigenvalue weighted by Gasteiger charge is -2.69. The standard InChI is InChI=1S/C33H43N3O3/c1-19-35-36-27(39-19)30(5)12-11-29(4)13-14-33(8)25(21(29)17-30)22(37)15-24-31(6)16-20(18-34)26(38)28(2,3)23(31)9-10-32(24,33)7/h15-16,21,23,25H,9-14,17H2,1-8H3/t21?,23-,25-,29+,30-,31-,32+,33+/m0/s1. The monoisotopic (exact) mass is 529 g/mol. The highest BCUT2D eigenvalue weighted by molar-refractivity contribution is 6.04. The van der Waals surface area contributed by atoms with Crippen molar-refractivity contribution < 1.29 is 14.0 Å². The summed E-state index contributed by atoms with van der Waals surface area (Å²) >= 11 is 0. The first-order chi connectivity index (χ1) is 18.1. The Morgan fingerprint density at radius 2 is 1.67 bits per heavy atom. The molecule has 6 rings (SSSR count). The Labute approximate surface area is 232 Å². The lowest BCUT2D eigenvalue weighted by atomic mass is 9.34. The van der Waals surface area contributed by atoms with Crippen LogP contribution in [0, 0.1) is 63.1 Å². The predicted molar refractivity (Wildman–Crippen MR) is 147 cm³/mol. The van der Waals surface area contributed by atoms with Crippen LogP contribution in [0.15, 0.2) is 27.7 Å². The van der Waals surface area contributed by atoms with Gasteiger partial charge in [0.2, 0.25) is 11.8 Å². The van der Waals surface area contributed by atoms with Crippen molar-refractivity contribution >= 4 is 11.6 Å². The minimum absolute atomic E-state index is 0.0610. The van der Waals surface area contributed by atoms with Crippen molar-refractivity contribution in [2.75, 3.05) is 0 Å². The molecule has 39 heavy (non-hydrogen) atoms. The smallest absolute Gasteiger partial charge is 0.222 e. The van der Waals surface area contributed by atoms with Crippen molar-refractivity contribution in [1.82, 2.24) is 10.2 Å². The van der Waals surface area contributed by atoms with Crippen LogP contribution in [0.2, 0.25) is 0 Å². The normalized spacial score (nSPS) is 46.6. The number of allylic oxidation sites excluding steroid dienone is 4. The van der Waals surface area contributed by atoms with Gasteiger partial charge >= 0.3 is 0 Å². The molecule has 208 valence electrons. The molecule has 1 unspecified atom stereocenters. The average molecular weight is 530 g/mol. The molecule has 0 aliphatic heterocycles. The SMILES string of the molecule is Cc1nnc([C@@]2(C)CC[C@]3(C)CC[C@]4(C)[C@H](C(=O)C=C5[C@@]6(C)C=C(C#N)C(=O)C(C)(C)[C@@H]6CC[C@]54C)C3C2)o1. The van der Waals surface area contributed by atoms with Gasteiger partial charge in [0.15, 0.2) is 11.6 Å². The lowest BCUT2D eigenvalue weighted by molar-refractivity contribution is -0.166. The quantitative estimate of drug-likeness (QED) is 0.395. The maximum atomic E-state index is 14.5. The number of carbonyl (C=O) groups is 2. The first-order valence-corrected chi connectivity index (χ1v) is 14.8. The van der Waals surface area contributed by atoms with E-state index in [0.717, 1.165) is 50.5 Å². The van der Waals surface area contributed by atoms with E-state index in [1.54, 1.807) is 0 Å². The topological polar surface area (TPSA) is 96.9 Å². The van der Waals surface area contributed by atoms with E-state index in [1.807, 2.05) is 32.9 Å². The molecule has 0 radical (unpaired) electrons. The van der Waals surface area contributed by atoms with Gasteiger partial charge in [-0.3, -0.25) is 9.59 Å². The molecule has 0 saturated heterocycles. The first kappa shape index (κ1) is 26.7. The van der Waals surface area contributed by atoms with Crippen LogP contribution in [-0.4, -0.2) is 21.8 Å². The van der Waals surface area contributed by atoms with Crippen molar-refractivity contribution in [1.29, 1.82) is 5.26 Å².